The molecule has 1 rings (SSSR count). The van der Waals surface area contributed by atoms with Crippen molar-refractivity contribution in [2.75, 3.05) is 0 Å². The minimum absolute atomic E-state index is 0.124. The molecule has 1 aromatic carbocycles. The van der Waals surface area contributed by atoms with Gasteiger partial charge in [0.25, 0.3) is 0 Å². The highest BCUT2D eigenvalue weighted by molar-refractivity contribution is 5.95. The average molecular weight is 298 g/mol. The van der Waals surface area contributed by atoms with Crippen LogP contribution in [-0.2, 0) is 11.2 Å². The van der Waals surface area contributed by atoms with E-state index >= 15 is 0 Å². The van der Waals surface area contributed by atoms with Gasteiger partial charge in [0.1, 0.15) is 0 Å². The van der Waals surface area contributed by atoms with E-state index in [1.165, 1.54) is 37.7 Å². The second kappa shape index (κ2) is 13.1. The summed E-state index contributed by atoms with van der Waals surface area (Å²) < 4.78 is 0. The van der Waals surface area contributed by atoms with E-state index in [1.807, 2.05) is 0 Å². The number of hydrogen-bond donors (Lipinski definition) is 0. The van der Waals surface area contributed by atoms with Crippen LogP contribution in [-0.4, -0.2) is 5.78 Å². The summed E-state index contributed by atoms with van der Waals surface area (Å²) in [5, 5.41) is 0. The van der Waals surface area contributed by atoms with E-state index < -0.39 is 0 Å². The maximum absolute atomic E-state index is 11.6. The summed E-state index contributed by atoms with van der Waals surface area (Å²) in [5.74, 6) is 5.93. The van der Waals surface area contributed by atoms with E-state index in [0.29, 0.717) is 6.42 Å². The molecule has 0 spiro atoms. The highest BCUT2D eigenvalue weighted by Crippen LogP contribution is 2.09. The molecule has 0 aromatic heterocycles. The Kier molecular flexibility index (Phi) is 11.0. The Bertz CT molecular complexity index is 450. The van der Waals surface area contributed by atoms with Crippen LogP contribution in [0.4, 0.5) is 0 Å². The molecule has 1 aromatic rings. The lowest BCUT2D eigenvalue weighted by atomic mass is 10.0. The first-order valence-corrected chi connectivity index (χ1v) is 8.88. The van der Waals surface area contributed by atoms with Crippen molar-refractivity contribution in [1.29, 1.82) is 0 Å². The Hall–Kier alpha value is -1.55. The third kappa shape index (κ3) is 10.2. The van der Waals surface area contributed by atoms with E-state index in [0.717, 1.165) is 32.1 Å². The third-order valence-electron chi connectivity index (χ3n) is 3.85. The minimum atomic E-state index is 0.124. The molecule has 1 heteroatoms. The molecule has 0 atom stereocenters. The molecule has 0 N–H and O–H groups in total. The van der Waals surface area contributed by atoms with Crippen molar-refractivity contribution in [3.8, 4) is 11.8 Å². The van der Waals surface area contributed by atoms with Gasteiger partial charge in [-0.15, -0.1) is 0 Å². The topological polar surface area (TPSA) is 17.1 Å². The van der Waals surface area contributed by atoms with E-state index in [1.54, 1.807) is 0 Å². The van der Waals surface area contributed by atoms with Crippen LogP contribution in [0.25, 0.3) is 0 Å². The smallest absolute Gasteiger partial charge is 0.205 e. The van der Waals surface area contributed by atoms with Crippen LogP contribution < -0.4 is 0 Å². The molecule has 0 radical (unpaired) electrons. The number of benzene rings is 1. The van der Waals surface area contributed by atoms with Gasteiger partial charge in [0.2, 0.25) is 5.78 Å². The van der Waals surface area contributed by atoms with E-state index in [4.69, 9.17) is 0 Å². The van der Waals surface area contributed by atoms with Gasteiger partial charge in [-0.2, -0.15) is 0 Å². The second-order valence-corrected chi connectivity index (χ2v) is 5.94. The molecule has 0 bridgehead atoms. The summed E-state index contributed by atoms with van der Waals surface area (Å²) in [6.45, 7) is 2.20. The summed E-state index contributed by atoms with van der Waals surface area (Å²) in [4.78, 5) is 11.6. The molecule has 0 saturated heterocycles. The van der Waals surface area contributed by atoms with Crippen molar-refractivity contribution < 1.29 is 4.79 Å². The molecule has 0 amide bonds. The highest BCUT2D eigenvalue weighted by Gasteiger charge is 1.98. The Morgan fingerprint density at radius 2 is 1.64 bits per heavy atom. The van der Waals surface area contributed by atoms with Gasteiger partial charge in [-0.1, -0.05) is 75.3 Å². The van der Waals surface area contributed by atoms with Crippen LogP contribution in [0, 0.1) is 11.8 Å². The lowest BCUT2D eigenvalue weighted by Gasteiger charge is -2.01. The fourth-order valence-electron chi connectivity index (χ4n) is 2.48. The number of carbonyl (C=O) groups excluding carboxylic acids is 1. The van der Waals surface area contributed by atoms with Crippen molar-refractivity contribution in [3.63, 3.8) is 0 Å². The van der Waals surface area contributed by atoms with Crippen LogP contribution in [0.2, 0.25) is 0 Å². The van der Waals surface area contributed by atoms with Gasteiger partial charge in [-0.3, -0.25) is 4.79 Å². The molecule has 0 aliphatic rings. The number of hydrogen-bond acceptors (Lipinski definition) is 1. The summed E-state index contributed by atoms with van der Waals surface area (Å²) >= 11 is 0. The number of aryl methyl sites for hydroxylation is 1. The van der Waals surface area contributed by atoms with Crippen LogP contribution in [0.5, 0.6) is 0 Å². The fraction of sp³-hybridized carbons (Fsp3) is 0.571. The van der Waals surface area contributed by atoms with Gasteiger partial charge in [-0.25, -0.2) is 0 Å². The average Bonchev–Trinajstić information content (AvgIpc) is 2.55. The van der Waals surface area contributed by atoms with Crippen molar-refractivity contribution in [2.45, 2.75) is 77.6 Å². The molecular formula is C21H30O. The Morgan fingerprint density at radius 1 is 0.909 bits per heavy atom. The van der Waals surface area contributed by atoms with E-state index in [-0.39, 0.29) is 5.78 Å². The standard InChI is InChI=1S/C21H30O/c1-2-3-4-5-6-13-18-21(22)19-14-8-7-10-15-20-16-11-9-12-17-20/h9,11-12,16-17H,2-8,10,14-15,19H2,1H3. The molecule has 22 heavy (non-hydrogen) atoms. The molecular weight excluding hydrogens is 268 g/mol. The Labute approximate surface area is 136 Å². The van der Waals surface area contributed by atoms with Gasteiger partial charge in [0, 0.05) is 12.8 Å². The molecule has 0 saturated carbocycles. The number of carbonyl (C=O) groups is 1. The SMILES string of the molecule is CCCCCCC#CC(=O)CCCCCCc1ccccc1. The maximum atomic E-state index is 11.6. The summed E-state index contributed by atoms with van der Waals surface area (Å²) in [6.07, 6.45) is 12.1. The lowest BCUT2D eigenvalue weighted by molar-refractivity contribution is -0.113. The summed E-state index contributed by atoms with van der Waals surface area (Å²) in [5.41, 5.74) is 1.41. The van der Waals surface area contributed by atoms with Crippen molar-refractivity contribution in [2.24, 2.45) is 0 Å². The van der Waals surface area contributed by atoms with Crippen molar-refractivity contribution in [3.05, 3.63) is 35.9 Å². The zero-order chi connectivity index (χ0) is 15.9. The quantitative estimate of drug-likeness (QED) is 0.290. The van der Waals surface area contributed by atoms with Gasteiger partial charge in [0.05, 0.1) is 0 Å². The van der Waals surface area contributed by atoms with Crippen LogP contribution in [0.1, 0.15) is 76.7 Å². The molecule has 0 heterocycles. The number of unbranched alkanes of at least 4 members (excludes halogenated alkanes) is 7. The zero-order valence-electron chi connectivity index (χ0n) is 14.1. The first-order chi connectivity index (χ1) is 10.8. The molecule has 0 aliphatic heterocycles. The zero-order valence-corrected chi connectivity index (χ0v) is 14.1. The maximum Gasteiger partial charge on any atom is 0.205 e. The van der Waals surface area contributed by atoms with Crippen LogP contribution >= 0.6 is 0 Å². The number of Topliss-reactive ketones (excluding diaryl/α,β-unsaturated/α-hetero) is 1. The van der Waals surface area contributed by atoms with Crippen molar-refractivity contribution >= 4 is 5.78 Å². The monoisotopic (exact) mass is 298 g/mol. The largest absolute Gasteiger partial charge is 0.285 e. The fourth-order valence-corrected chi connectivity index (χ4v) is 2.48. The normalized spacial score (nSPS) is 10.0. The summed E-state index contributed by atoms with van der Waals surface area (Å²) in [6, 6.07) is 10.6. The predicted octanol–water partition coefficient (Wildman–Crippen LogP) is 5.72. The first-order valence-electron chi connectivity index (χ1n) is 8.88. The van der Waals surface area contributed by atoms with E-state index in [9.17, 15) is 4.79 Å². The van der Waals surface area contributed by atoms with E-state index in [2.05, 4.69) is 49.1 Å². The third-order valence-corrected chi connectivity index (χ3v) is 3.85. The minimum Gasteiger partial charge on any atom is -0.285 e. The van der Waals surface area contributed by atoms with Gasteiger partial charge in [0.15, 0.2) is 0 Å². The highest BCUT2D eigenvalue weighted by atomic mass is 16.1. The Balaban J connectivity index is 1.95. The Morgan fingerprint density at radius 3 is 2.41 bits per heavy atom. The number of ketones is 1. The molecule has 0 aliphatic carbocycles. The molecule has 0 unspecified atom stereocenters. The van der Waals surface area contributed by atoms with Crippen LogP contribution in [0.3, 0.4) is 0 Å². The predicted molar refractivity (Wildman–Crippen MR) is 94.8 cm³/mol. The first kappa shape index (κ1) is 18.5. The van der Waals surface area contributed by atoms with Gasteiger partial charge in [-0.05, 0) is 37.2 Å². The second-order valence-electron chi connectivity index (χ2n) is 5.94. The van der Waals surface area contributed by atoms with Gasteiger partial charge < -0.3 is 0 Å². The lowest BCUT2D eigenvalue weighted by Crippen LogP contribution is -1.93. The molecule has 0 fully saturated rings. The van der Waals surface area contributed by atoms with Crippen molar-refractivity contribution in [1.82, 2.24) is 0 Å². The molecule has 120 valence electrons. The summed E-state index contributed by atoms with van der Waals surface area (Å²) in [7, 11) is 0. The number of rotatable bonds is 11. The molecule has 1 nitrogen and oxygen atoms in total. The van der Waals surface area contributed by atoms with Gasteiger partial charge >= 0.3 is 0 Å². The van der Waals surface area contributed by atoms with Crippen LogP contribution in [0.15, 0.2) is 30.3 Å².